The van der Waals surface area contributed by atoms with Crippen molar-refractivity contribution in [2.75, 3.05) is 12.3 Å². The molecule has 0 amide bonds. The van der Waals surface area contributed by atoms with Crippen molar-refractivity contribution in [3.8, 4) is 0 Å². The maximum absolute atomic E-state index is 13.4. The van der Waals surface area contributed by atoms with E-state index in [1.54, 1.807) is 6.92 Å². The largest absolute Gasteiger partial charge is 0.394 e. The number of aliphatic hydroxyl groups is 3. The molecular weight excluding hydrogens is 378 g/mol. The SMILES string of the molecule is Cc1ccc(S(=O)(=O)[C@@]2(n3ccc(N)nc3=O)O[C@H](CO)[C@@H](O)[C@H]2O)cc1. The molecule has 11 heteroatoms. The van der Waals surface area contributed by atoms with Crippen LogP contribution in [-0.4, -0.2) is 58.2 Å². The molecule has 2 heterocycles. The van der Waals surface area contributed by atoms with Gasteiger partial charge in [-0.3, -0.25) is 4.57 Å². The van der Waals surface area contributed by atoms with Crippen LogP contribution < -0.4 is 11.4 Å². The number of nitrogens with two attached hydrogens (primary N) is 1. The van der Waals surface area contributed by atoms with E-state index in [1.807, 2.05) is 0 Å². The number of ether oxygens (including phenoxy) is 1. The Hall–Kier alpha value is -2.31. The van der Waals surface area contributed by atoms with E-state index in [4.69, 9.17) is 10.5 Å². The van der Waals surface area contributed by atoms with Gasteiger partial charge in [0.2, 0.25) is 9.84 Å². The van der Waals surface area contributed by atoms with Gasteiger partial charge >= 0.3 is 5.69 Å². The number of nitrogen functional groups attached to an aromatic ring is 1. The Morgan fingerprint density at radius 1 is 1.26 bits per heavy atom. The van der Waals surface area contributed by atoms with Gasteiger partial charge < -0.3 is 25.8 Å². The molecule has 0 bridgehead atoms. The molecule has 1 aromatic carbocycles. The first-order valence-electron chi connectivity index (χ1n) is 7.97. The molecule has 1 aromatic heterocycles. The monoisotopic (exact) mass is 397 g/mol. The molecule has 0 radical (unpaired) electrons. The third kappa shape index (κ3) is 2.84. The highest BCUT2D eigenvalue weighted by atomic mass is 32.2. The molecule has 0 unspecified atom stereocenters. The van der Waals surface area contributed by atoms with Gasteiger partial charge in [-0.2, -0.15) is 4.98 Å². The van der Waals surface area contributed by atoms with E-state index in [2.05, 4.69) is 4.98 Å². The van der Waals surface area contributed by atoms with Crippen LogP contribution in [0, 0.1) is 6.92 Å². The quantitative estimate of drug-likeness (QED) is 0.472. The maximum Gasteiger partial charge on any atom is 0.352 e. The number of sulfone groups is 1. The van der Waals surface area contributed by atoms with Gasteiger partial charge in [0.1, 0.15) is 24.1 Å². The topological polar surface area (TPSA) is 165 Å². The van der Waals surface area contributed by atoms with E-state index in [1.165, 1.54) is 24.3 Å². The van der Waals surface area contributed by atoms with Crippen molar-refractivity contribution < 1.29 is 28.5 Å². The van der Waals surface area contributed by atoms with Crippen LogP contribution in [0.25, 0.3) is 0 Å². The first-order chi connectivity index (χ1) is 12.6. The average molecular weight is 397 g/mol. The molecule has 146 valence electrons. The van der Waals surface area contributed by atoms with Gasteiger partial charge in [0.15, 0.2) is 0 Å². The number of hydrogen-bond donors (Lipinski definition) is 4. The van der Waals surface area contributed by atoms with Gasteiger partial charge in [0.25, 0.3) is 5.06 Å². The number of aliphatic hydroxyl groups excluding tert-OH is 3. The summed E-state index contributed by atoms with van der Waals surface area (Å²) in [4.78, 5) is 15.6. The second kappa shape index (κ2) is 6.69. The predicted octanol–water partition coefficient (Wildman–Crippen LogP) is -1.67. The lowest BCUT2D eigenvalue weighted by molar-refractivity contribution is -0.0886. The highest BCUT2D eigenvalue weighted by Crippen LogP contribution is 2.42. The molecule has 4 atom stereocenters. The maximum atomic E-state index is 13.4. The third-order valence-corrected chi connectivity index (χ3v) is 6.65. The van der Waals surface area contributed by atoms with Crippen LogP contribution >= 0.6 is 0 Å². The van der Waals surface area contributed by atoms with E-state index < -0.39 is 45.5 Å². The van der Waals surface area contributed by atoms with Gasteiger partial charge in [0, 0.05) is 6.20 Å². The fourth-order valence-corrected chi connectivity index (χ4v) is 4.95. The Morgan fingerprint density at radius 2 is 1.89 bits per heavy atom. The molecule has 10 nitrogen and oxygen atoms in total. The van der Waals surface area contributed by atoms with Crippen molar-refractivity contribution in [3.05, 3.63) is 52.6 Å². The third-order valence-electron chi connectivity index (χ3n) is 4.46. The molecule has 27 heavy (non-hydrogen) atoms. The molecule has 1 fully saturated rings. The molecule has 1 saturated heterocycles. The van der Waals surface area contributed by atoms with Crippen LogP contribution in [0.4, 0.5) is 5.82 Å². The molecule has 5 N–H and O–H groups in total. The van der Waals surface area contributed by atoms with Crippen molar-refractivity contribution in [2.45, 2.75) is 35.2 Å². The summed E-state index contributed by atoms with van der Waals surface area (Å²) in [5.41, 5.74) is 5.14. The summed E-state index contributed by atoms with van der Waals surface area (Å²) in [5, 5.41) is 27.5. The van der Waals surface area contributed by atoms with Crippen LogP contribution in [-0.2, 0) is 19.6 Å². The van der Waals surface area contributed by atoms with Gasteiger partial charge in [-0.25, -0.2) is 13.2 Å². The lowest BCUT2D eigenvalue weighted by Crippen LogP contribution is -2.55. The second-order valence-corrected chi connectivity index (χ2v) is 8.29. The molecule has 0 aliphatic carbocycles. The summed E-state index contributed by atoms with van der Waals surface area (Å²) >= 11 is 0. The van der Waals surface area contributed by atoms with E-state index in [0.717, 1.165) is 17.8 Å². The zero-order valence-electron chi connectivity index (χ0n) is 14.3. The minimum atomic E-state index is -4.59. The molecule has 0 spiro atoms. The molecule has 2 aromatic rings. The minimum Gasteiger partial charge on any atom is -0.394 e. The lowest BCUT2D eigenvalue weighted by atomic mass is 10.1. The molecule has 1 aliphatic rings. The first-order valence-corrected chi connectivity index (χ1v) is 9.45. The van der Waals surface area contributed by atoms with Gasteiger partial charge in [-0.1, -0.05) is 17.7 Å². The number of aryl methyl sites for hydroxylation is 1. The molecule has 1 aliphatic heterocycles. The van der Waals surface area contributed by atoms with Crippen LogP contribution in [0.3, 0.4) is 0 Å². The number of rotatable bonds is 4. The summed E-state index contributed by atoms with van der Waals surface area (Å²) in [6, 6.07) is 6.80. The van der Waals surface area contributed by atoms with Crippen LogP contribution in [0.15, 0.2) is 46.2 Å². The Bertz CT molecular complexity index is 1010. The van der Waals surface area contributed by atoms with Crippen LogP contribution in [0.2, 0.25) is 0 Å². The number of anilines is 1. The molecule has 3 rings (SSSR count). The van der Waals surface area contributed by atoms with Gasteiger partial charge in [-0.15, -0.1) is 0 Å². The summed E-state index contributed by atoms with van der Waals surface area (Å²) in [6.45, 7) is 0.980. The number of nitrogens with zero attached hydrogens (tertiary/aromatic N) is 2. The molecule has 0 saturated carbocycles. The van der Waals surface area contributed by atoms with Crippen molar-refractivity contribution in [2.24, 2.45) is 0 Å². The highest BCUT2D eigenvalue weighted by molar-refractivity contribution is 7.92. The van der Waals surface area contributed by atoms with E-state index in [0.29, 0.717) is 4.57 Å². The Balaban J connectivity index is 2.32. The normalized spacial score (nSPS) is 28.4. The first kappa shape index (κ1) is 19.5. The van der Waals surface area contributed by atoms with Crippen LogP contribution in [0.1, 0.15) is 5.56 Å². The summed E-state index contributed by atoms with van der Waals surface area (Å²) < 4.78 is 32.8. The lowest BCUT2D eigenvalue weighted by Gasteiger charge is -2.33. The predicted molar refractivity (Wildman–Crippen MR) is 93.2 cm³/mol. The number of aromatic nitrogens is 2. The highest BCUT2D eigenvalue weighted by Gasteiger charge is 2.64. The van der Waals surface area contributed by atoms with Crippen molar-refractivity contribution in [1.29, 1.82) is 0 Å². The Morgan fingerprint density at radius 3 is 2.41 bits per heavy atom. The molecular formula is C16H19N3O7S. The number of hydrogen-bond acceptors (Lipinski definition) is 9. The Kier molecular flexibility index (Phi) is 4.82. The smallest absolute Gasteiger partial charge is 0.352 e. The average Bonchev–Trinajstić information content (AvgIpc) is 2.88. The van der Waals surface area contributed by atoms with E-state index in [-0.39, 0.29) is 10.7 Å². The summed E-state index contributed by atoms with van der Waals surface area (Å²) in [7, 11) is -4.59. The van der Waals surface area contributed by atoms with Crippen molar-refractivity contribution in [1.82, 2.24) is 9.55 Å². The second-order valence-electron chi connectivity index (χ2n) is 6.23. The Labute approximate surface area is 154 Å². The minimum absolute atomic E-state index is 0.161. The standard InChI is InChI=1S/C16H19N3O7S/c1-9-2-4-10(5-3-9)27(24,25)16(14(22)13(21)11(8-20)26-16)19-7-6-12(17)18-15(19)23/h2-7,11,13-14,20-22H,8H2,1H3,(H2,17,18,23)/t11-,13-,14-,16+/m1/s1. The summed E-state index contributed by atoms with van der Waals surface area (Å²) in [5.74, 6) is -0.161. The van der Waals surface area contributed by atoms with Gasteiger partial charge in [-0.05, 0) is 25.1 Å². The number of benzene rings is 1. The zero-order valence-corrected chi connectivity index (χ0v) is 15.1. The van der Waals surface area contributed by atoms with Gasteiger partial charge in [0.05, 0.1) is 11.5 Å². The fourth-order valence-electron chi connectivity index (χ4n) is 3.01. The van der Waals surface area contributed by atoms with Crippen molar-refractivity contribution >= 4 is 15.7 Å². The van der Waals surface area contributed by atoms with Crippen molar-refractivity contribution in [3.63, 3.8) is 0 Å². The summed E-state index contributed by atoms with van der Waals surface area (Å²) in [6.07, 6.45) is -4.28. The van der Waals surface area contributed by atoms with E-state index in [9.17, 15) is 28.5 Å². The fraction of sp³-hybridized carbons (Fsp3) is 0.375. The zero-order chi connectivity index (χ0) is 20.0. The van der Waals surface area contributed by atoms with Crippen LogP contribution in [0.5, 0.6) is 0 Å². The van der Waals surface area contributed by atoms with E-state index >= 15 is 0 Å².